The zero-order valence-corrected chi connectivity index (χ0v) is 7.26. The van der Waals surface area contributed by atoms with E-state index in [4.69, 9.17) is 4.84 Å². The van der Waals surface area contributed by atoms with Gasteiger partial charge < -0.3 is 4.84 Å². The van der Waals surface area contributed by atoms with Gasteiger partial charge in [0.1, 0.15) is 7.11 Å². The van der Waals surface area contributed by atoms with Crippen LogP contribution < -0.4 is 0 Å². The van der Waals surface area contributed by atoms with Gasteiger partial charge in [-0.15, -0.1) is 0 Å². The zero-order chi connectivity index (χ0) is 8.10. The van der Waals surface area contributed by atoms with Gasteiger partial charge >= 0.3 is 0 Å². The fraction of sp³-hybridized carbons (Fsp3) is 0.667. The van der Waals surface area contributed by atoms with E-state index in [1.165, 1.54) is 31.3 Å². The Kier molecular flexibility index (Phi) is 3.14. The Morgan fingerprint density at radius 3 is 2.91 bits per heavy atom. The molecule has 0 radical (unpaired) electrons. The molecule has 0 N–H and O–H groups in total. The monoisotopic (exact) mass is 153 g/mol. The molecular weight excluding hydrogens is 138 g/mol. The molecular formula is C9H15NO. The summed E-state index contributed by atoms with van der Waals surface area (Å²) in [7, 11) is 1.59. The molecule has 0 aromatic carbocycles. The van der Waals surface area contributed by atoms with Crippen molar-refractivity contribution in [3.63, 3.8) is 0 Å². The summed E-state index contributed by atoms with van der Waals surface area (Å²) in [6, 6.07) is 0. The maximum atomic E-state index is 4.70. The van der Waals surface area contributed by atoms with Crippen molar-refractivity contribution in [2.75, 3.05) is 7.11 Å². The van der Waals surface area contributed by atoms with Crippen LogP contribution in [0.25, 0.3) is 0 Å². The van der Waals surface area contributed by atoms with Crippen LogP contribution in [0.3, 0.4) is 0 Å². The molecule has 0 saturated heterocycles. The first-order valence-electron chi connectivity index (χ1n) is 4.11. The molecule has 0 unspecified atom stereocenters. The van der Waals surface area contributed by atoms with Gasteiger partial charge in [0.05, 0.1) is 5.71 Å². The standard InChI is InChI=1S/C9H15NO/c1-8(10-11-2)9-6-4-3-5-7-9/h6H,3-5,7H2,1-2H3/b10-8+. The minimum absolute atomic E-state index is 1.03. The quantitative estimate of drug-likeness (QED) is 0.441. The van der Waals surface area contributed by atoms with Crippen molar-refractivity contribution in [3.8, 4) is 0 Å². The van der Waals surface area contributed by atoms with E-state index in [9.17, 15) is 0 Å². The number of nitrogens with zero attached hydrogens (tertiary/aromatic N) is 1. The lowest BCUT2D eigenvalue weighted by molar-refractivity contribution is 0.213. The van der Waals surface area contributed by atoms with Gasteiger partial charge in [0.25, 0.3) is 0 Å². The van der Waals surface area contributed by atoms with E-state index in [-0.39, 0.29) is 0 Å². The van der Waals surface area contributed by atoms with Crippen molar-refractivity contribution in [1.82, 2.24) is 0 Å². The topological polar surface area (TPSA) is 21.6 Å². The summed E-state index contributed by atoms with van der Waals surface area (Å²) in [5, 5.41) is 3.90. The molecule has 0 atom stereocenters. The fourth-order valence-corrected chi connectivity index (χ4v) is 1.36. The van der Waals surface area contributed by atoms with Crippen LogP contribution in [0.4, 0.5) is 0 Å². The van der Waals surface area contributed by atoms with Crippen LogP contribution in [-0.4, -0.2) is 12.8 Å². The summed E-state index contributed by atoms with van der Waals surface area (Å²) >= 11 is 0. The summed E-state index contributed by atoms with van der Waals surface area (Å²) < 4.78 is 0. The first kappa shape index (κ1) is 8.31. The second kappa shape index (κ2) is 4.16. The van der Waals surface area contributed by atoms with Gasteiger partial charge in [0.15, 0.2) is 0 Å². The van der Waals surface area contributed by atoms with Crippen molar-refractivity contribution < 1.29 is 4.84 Å². The molecule has 0 aromatic heterocycles. The highest BCUT2D eigenvalue weighted by Gasteiger charge is 2.05. The lowest BCUT2D eigenvalue weighted by Crippen LogP contribution is -2.01. The van der Waals surface area contributed by atoms with Crippen molar-refractivity contribution in [1.29, 1.82) is 0 Å². The number of allylic oxidation sites excluding steroid dienone is 2. The molecule has 0 heterocycles. The minimum Gasteiger partial charge on any atom is -0.399 e. The van der Waals surface area contributed by atoms with Crippen LogP contribution in [-0.2, 0) is 4.84 Å². The van der Waals surface area contributed by atoms with Crippen molar-refractivity contribution >= 4 is 5.71 Å². The molecule has 0 fully saturated rings. The van der Waals surface area contributed by atoms with Crippen LogP contribution in [0.2, 0.25) is 0 Å². The van der Waals surface area contributed by atoms with E-state index in [1.54, 1.807) is 7.11 Å². The molecule has 1 aliphatic carbocycles. The Balaban J connectivity index is 2.58. The largest absolute Gasteiger partial charge is 0.399 e. The molecule has 11 heavy (non-hydrogen) atoms. The number of hydrogen-bond donors (Lipinski definition) is 0. The van der Waals surface area contributed by atoms with Crippen molar-refractivity contribution in [3.05, 3.63) is 11.6 Å². The molecule has 1 rings (SSSR count). The van der Waals surface area contributed by atoms with Gasteiger partial charge in [-0.05, 0) is 38.2 Å². The average molecular weight is 153 g/mol. The van der Waals surface area contributed by atoms with Crippen LogP contribution >= 0.6 is 0 Å². The molecule has 0 aliphatic heterocycles. The molecule has 62 valence electrons. The highest BCUT2D eigenvalue weighted by atomic mass is 16.6. The van der Waals surface area contributed by atoms with Gasteiger partial charge in [0.2, 0.25) is 0 Å². The van der Waals surface area contributed by atoms with Crippen molar-refractivity contribution in [2.45, 2.75) is 32.6 Å². The average Bonchev–Trinajstić information content (AvgIpc) is 2.07. The number of hydrogen-bond acceptors (Lipinski definition) is 2. The molecule has 0 aromatic rings. The van der Waals surface area contributed by atoms with Gasteiger partial charge in [0, 0.05) is 0 Å². The molecule has 1 aliphatic rings. The van der Waals surface area contributed by atoms with Gasteiger partial charge in [-0.3, -0.25) is 0 Å². The molecule has 2 nitrogen and oxygen atoms in total. The van der Waals surface area contributed by atoms with Gasteiger partial charge in [-0.1, -0.05) is 11.2 Å². The fourth-order valence-electron chi connectivity index (χ4n) is 1.36. The molecule has 0 spiro atoms. The van der Waals surface area contributed by atoms with E-state index in [1.807, 2.05) is 6.92 Å². The maximum Gasteiger partial charge on any atom is 0.106 e. The Bertz CT molecular complexity index is 182. The number of oxime groups is 1. The van der Waals surface area contributed by atoms with Crippen LogP contribution in [0.1, 0.15) is 32.6 Å². The Morgan fingerprint density at radius 1 is 1.55 bits per heavy atom. The SMILES string of the molecule is CO/N=C(\C)C1=CCCCC1. The normalized spacial score (nSPS) is 19.5. The van der Waals surface area contributed by atoms with Crippen LogP contribution in [0.5, 0.6) is 0 Å². The van der Waals surface area contributed by atoms with Crippen LogP contribution in [0.15, 0.2) is 16.8 Å². The van der Waals surface area contributed by atoms with E-state index < -0.39 is 0 Å². The predicted molar refractivity (Wildman–Crippen MR) is 46.7 cm³/mol. The highest BCUT2D eigenvalue weighted by molar-refractivity contribution is 5.97. The Labute approximate surface area is 67.9 Å². The summed E-state index contributed by atoms with van der Waals surface area (Å²) in [5.74, 6) is 0. The highest BCUT2D eigenvalue weighted by Crippen LogP contribution is 2.18. The number of rotatable bonds is 2. The molecule has 0 bridgehead atoms. The molecule has 0 amide bonds. The van der Waals surface area contributed by atoms with Crippen LogP contribution in [0, 0.1) is 0 Å². The molecule has 2 heteroatoms. The molecule has 0 saturated carbocycles. The maximum absolute atomic E-state index is 4.70. The third kappa shape index (κ3) is 2.37. The first-order valence-corrected chi connectivity index (χ1v) is 4.11. The zero-order valence-electron chi connectivity index (χ0n) is 7.26. The van der Waals surface area contributed by atoms with Crippen molar-refractivity contribution in [2.24, 2.45) is 5.16 Å². The Hall–Kier alpha value is -0.790. The second-order valence-corrected chi connectivity index (χ2v) is 2.83. The second-order valence-electron chi connectivity index (χ2n) is 2.83. The smallest absolute Gasteiger partial charge is 0.106 e. The summed E-state index contributed by atoms with van der Waals surface area (Å²) in [4.78, 5) is 4.70. The predicted octanol–water partition coefficient (Wildman–Crippen LogP) is 2.51. The minimum atomic E-state index is 1.03. The lowest BCUT2D eigenvalue weighted by atomic mass is 9.97. The summed E-state index contributed by atoms with van der Waals surface area (Å²) in [6.45, 7) is 2.00. The van der Waals surface area contributed by atoms with Gasteiger partial charge in [-0.2, -0.15) is 0 Å². The van der Waals surface area contributed by atoms with Gasteiger partial charge in [-0.25, -0.2) is 0 Å². The third-order valence-electron chi connectivity index (χ3n) is 1.98. The third-order valence-corrected chi connectivity index (χ3v) is 1.98. The van der Waals surface area contributed by atoms with E-state index in [2.05, 4.69) is 11.2 Å². The first-order chi connectivity index (χ1) is 5.34. The summed E-state index contributed by atoms with van der Waals surface area (Å²) in [5.41, 5.74) is 2.39. The van der Waals surface area contributed by atoms with E-state index in [0.29, 0.717) is 0 Å². The lowest BCUT2D eigenvalue weighted by Gasteiger charge is -2.10. The summed E-state index contributed by atoms with van der Waals surface area (Å²) in [6.07, 6.45) is 7.25. The Morgan fingerprint density at radius 2 is 2.36 bits per heavy atom. The van der Waals surface area contributed by atoms with E-state index >= 15 is 0 Å². The van der Waals surface area contributed by atoms with E-state index in [0.717, 1.165) is 5.71 Å².